The van der Waals surface area contributed by atoms with E-state index in [0.29, 0.717) is 12.8 Å². The maximum absolute atomic E-state index is 13.6. The maximum atomic E-state index is 13.6. The summed E-state index contributed by atoms with van der Waals surface area (Å²) in [6.45, 7) is 0. The number of carbonyl (C=O) groups excluding carboxylic acids is 1. The number of hydrogen-bond acceptors (Lipinski definition) is 2. The summed E-state index contributed by atoms with van der Waals surface area (Å²) in [6, 6.07) is 1.82. The van der Waals surface area contributed by atoms with Gasteiger partial charge in [-0.15, -0.1) is 0 Å². The number of hydrogen-bond donors (Lipinski definition) is 2. The molecule has 2 unspecified atom stereocenters. The van der Waals surface area contributed by atoms with Crippen molar-refractivity contribution in [2.24, 2.45) is 11.8 Å². The van der Waals surface area contributed by atoms with Crippen LogP contribution in [0.25, 0.3) is 0 Å². The smallest absolute Gasteiger partial charge is 0.306 e. The molecule has 0 radical (unpaired) electrons. The molecule has 2 rings (SSSR count). The highest BCUT2D eigenvalue weighted by Crippen LogP contribution is 2.32. The SMILES string of the molecule is O=C(O)C1CCC(C(=O)Nc2cc(F)c(Br)cc2F)C1. The predicted octanol–water partition coefficient (Wildman–Crippen LogP) is 3.17. The van der Waals surface area contributed by atoms with Crippen molar-refractivity contribution in [1.29, 1.82) is 0 Å². The number of amides is 1. The third kappa shape index (κ3) is 3.15. The zero-order chi connectivity index (χ0) is 14.9. The van der Waals surface area contributed by atoms with E-state index in [4.69, 9.17) is 5.11 Å². The number of rotatable bonds is 3. The Hall–Kier alpha value is -1.50. The minimum Gasteiger partial charge on any atom is -0.481 e. The summed E-state index contributed by atoms with van der Waals surface area (Å²) >= 11 is 2.84. The Morgan fingerprint density at radius 3 is 2.45 bits per heavy atom. The molecular formula is C13H12BrF2NO3. The molecule has 7 heteroatoms. The molecule has 1 saturated carbocycles. The summed E-state index contributed by atoms with van der Waals surface area (Å²) in [5.41, 5.74) is -0.241. The molecule has 1 aliphatic carbocycles. The number of nitrogens with one attached hydrogen (secondary N) is 1. The van der Waals surface area contributed by atoms with E-state index in [9.17, 15) is 18.4 Å². The van der Waals surface area contributed by atoms with Crippen molar-refractivity contribution in [3.05, 3.63) is 28.2 Å². The van der Waals surface area contributed by atoms with Crippen molar-refractivity contribution >= 4 is 33.5 Å². The van der Waals surface area contributed by atoms with Crippen LogP contribution < -0.4 is 5.32 Å². The highest BCUT2D eigenvalue weighted by atomic mass is 79.9. The molecule has 20 heavy (non-hydrogen) atoms. The Kier molecular flexibility index (Phi) is 4.37. The lowest BCUT2D eigenvalue weighted by Crippen LogP contribution is -2.22. The number of halogens is 3. The highest BCUT2D eigenvalue weighted by Gasteiger charge is 2.34. The molecule has 1 aliphatic rings. The fourth-order valence-electron chi connectivity index (χ4n) is 2.30. The van der Waals surface area contributed by atoms with Gasteiger partial charge in [-0.2, -0.15) is 0 Å². The van der Waals surface area contributed by atoms with Crippen LogP contribution in [-0.2, 0) is 9.59 Å². The van der Waals surface area contributed by atoms with E-state index in [1.807, 2.05) is 0 Å². The van der Waals surface area contributed by atoms with Gasteiger partial charge < -0.3 is 10.4 Å². The average Bonchev–Trinajstić information content (AvgIpc) is 2.85. The monoisotopic (exact) mass is 347 g/mol. The molecule has 0 saturated heterocycles. The van der Waals surface area contributed by atoms with Crippen LogP contribution in [0.15, 0.2) is 16.6 Å². The second kappa shape index (κ2) is 5.87. The Morgan fingerprint density at radius 1 is 1.20 bits per heavy atom. The summed E-state index contributed by atoms with van der Waals surface area (Å²) in [7, 11) is 0. The standard InChI is InChI=1S/C13H12BrF2NO3/c14-8-4-10(16)11(5-9(8)15)17-12(18)6-1-2-7(3-6)13(19)20/h4-7H,1-3H2,(H,17,18)(H,19,20). The Morgan fingerprint density at radius 2 is 1.85 bits per heavy atom. The summed E-state index contributed by atoms with van der Waals surface area (Å²) < 4.78 is 26.9. The van der Waals surface area contributed by atoms with Gasteiger partial charge in [0, 0.05) is 12.0 Å². The first kappa shape index (κ1) is 14.9. The van der Waals surface area contributed by atoms with Crippen molar-refractivity contribution in [2.45, 2.75) is 19.3 Å². The molecule has 1 aromatic rings. The van der Waals surface area contributed by atoms with E-state index >= 15 is 0 Å². The first-order valence-electron chi connectivity index (χ1n) is 6.06. The molecule has 0 aliphatic heterocycles. The molecule has 0 aromatic heterocycles. The van der Waals surface area contributed by atoms with Crippen molar-refractivity contribution < 1.29 is 23.5 Å². The minimum atomic E-state index is -0.929. The second-order valence-electron chi connectivity index (χ2n) is 4.78. The van der Waals surface area contributed by atoms with E-state index in [2.05, 4.69) is 21.2 Å². The lowest BCUT2D eigenvalue weighted by atomic mass is 10.0. The van der Waals surface area contributed by atoms with Crippen molar-refractivity contribution in [1.82, 2.24) is 0 Å². The molecule has 108 valence electrons. The van der Waals surface area contributed by atoms with Gasteiger partial charge in [-0.1, -0.05) is 0 Å². The van der Waals surface area contributed by atoms with Crippen LogP contribution in [-0.4, -0.2) is 17.0 Å². The molecule has 0 spiro atoms. The zero-order valence-electron chi connectivity index (χ0n) is 10.3. The number of carbonyl (C=O) groups is 2. The Bertz CT molecular complexity index is 565. The third-order valence-electron chi connectivity index (χ3n) is 3.42. The summed E-state index contributed by atoms with van der Waals surface area (Å²) in [5.74, 6) is -3.87. The van der Waals surface area contributed by atoms with Crippen LogP contribution in [0.1, 0.15) is 19.3 Å². The molecular weight excluding hydrogens is 336 g/mol. The summed E-state index contributed by atoms with van der Waals surface area (Å²) in [6.07, 6.45) is 1.08. The number of carboxylic acids is 1. The van der Waals surface area contributed by atoms with E-state index in [1.54, 1.807) is 0 Å². The van der Waals surface area contributed by atoms with Gasteiger partial charge in [0.15, 0.2) is 0 Å². The molecule has 2 N–H and O–H groups in total. The lowest BCUT2D eigenvalue weighted by Gasteiger charge is -2.12. The van der Waals surface area contributed by atoms with E-state index in [-0.39, 0.29) is 16.6 Å². The van der Waals surface area contributed by atoms with Crippen LogP contribution in [0.5, 0.6) is 0 Å². The number of anilines is 1. The summed E-state index contributed by atoms with van der Waals surface area (Å²) in [4.78, 5) is 22.7. The van der Waals surface area contributed by atoms with E-state index in [1.165, 1.54) is 0 Å². The quantitative estimate of drug-likeness (QED) is 0.825. The fraction of sp³-hybridized carbons (Fsp3) is 0.385. The van der Waals surface area contributed by atoms with Crippen molar-refractivity contribution in [3.63, 3.8) is 0 Å². The van der Waals surface area contributed by atoms with E-state index < -0.39 is 35.3 Å². The second-order valence-corrected chi connectivity index (χ2v) is 5.63. The van der Waals surface area contributed by atoms with Gasteiger partial charge >= 0.3 is 5.97 Å². The molecule has 1 fully saturated rings. The van der Waals surface area contributed by atoms with Crippen LogP contribution in [0, 0.1) is 23.5 Å². The molecule has 1 aromatic carbocycles. The molecule has 1 amide bonds. The zero-order valence-corrected chi connectivity index (χ0v) is 11.9. The largest absolute Gasteiger partial charge is 0.481 e. The number of aliphatic carboxylic acids is 1. The maximum Gasteiger partial charge on any atom is 0.306 e. The first-order chi connectivity index (χ1) is 9.38. The predicted molar refractivity (Wildman–Crippen MR) is 71.2 cm³/mol. The van der Waals surface area contributed by atoms with Gasteiger partial charge in [-0.3, -0.25) is 9.59 Å². The van der Waals surface area contributed by atoms with E-state index in [0.717, 1.165) is 12.1 Å². The summed E-state index contributed by atoms with van der Waals surface area (Å²) in [5, 5.41) is 11.2. The third-order valence-corrected chi connectivity index (χ3v) is 4.03. The van der Waals surface area contributed by atoms with Crippen LogP contribution in [0.4, 0.5) is 14.5 Å². The molecule has 0 bridgehead atoms. The highest BCUT2D eigenvalue weighted by molar-refractivity contribution is 9.10. The van der Waals surface area contributed by atoms with Crippen molar-refractivity contribution in [3.8, 4) is 0 Å². The molecule has 4 nitrogen and oxygen atoms in total. The van der Waals surface area contributed by atoms with Gasteiger partial charge in [-0.05, 0) is 41.3 Å². The van der Waals surface area contributed by atoms with Gasteiger partial charge in [0.2, 0.25) is 5.91 Å². The average molecular weight is 348 g/mol. The Balaban J connectivity index is 2.06. The van der Waals surface area contributed by atoms with Gasteiger partial charge in [0.25, 0.3) is 0 Å². The normalized spacial score (nSPS) is 21.8. The topological polar surface area (TPSA) is 66.4 Å². The van der Waals surface area contributed by atoms with Crippen LogP contribution >= 0.6 is 15.9 Å². The fourth-order valence-corrected chi connectivity index (χ4v) is 2.61. The van der Waals surface area contributed by atoms with Gasteiger partial charge in [0.05, 0.1) is 16.1 Å². The van der Waals surface area contributed by atoms with Crippen molar-refractivity contribution in [2.75, 3.05) is 5.32 Å². The molecule has 0 heterocycles. The van der Waals surface area contributed by atoms with Gasteiger partial charge in [-0.25, -0.2) is 8.78 Å². The minimum absolute atomic E-state index is 0.0280. The Labute approximate surface area is 122 Å². The van der Waals surface area contributed by atoms with Gasteiger partial charge in [0.1, 0.15) is 11.6 Å². The number of carboxylic acid groups (broad SMARTS) is 1. The molecule has 2 atom stereocenters. The lowest BCUT2D eigenvalue weighted by molar-refractivity contribution is -0.141. The number of benzene rings is 1. The van der Waals surface area contributed by atoms with Crippen LogP contribution in [0.2, 0.25) is 0 Å². The van der Waals surface area contributed by atoms with Crippen LogP contribution in [0.3, 0.4) is 0 Å². The first-order valence-corrected chi connectivity index (χ1v) is 6.86.